The first-order valence-electron chi connectivity index (χ1n) is 11.8. The standard InChI is InChI=1S/C27H32N2O2/c30-20-28-16-7-6-13-24(28)22-12-8-15-26-27(22)23-11-4-5-14-25(23)29(26)17-18-31-19-21-9-2-1-3-10-21/h1-5,9-11,14,20,22,24H,6-8,12-13,15-19H2. The highest BCUT2D eigenvalue weighted by atomic mass is 16.5. The van der Waals surface area contributed by atoms with E-state index in [4.69, 9.17) is 4.74 Å². The van der Waals surface area contributed by atoms with Gasteiger partial charge in [0.2, 0.25) is 6.41 Å². The highest BCUT2D eigenvalue weighted by Crippen LogP contribution is 2.43. The summed E-state index contributed by atoms with van der Waals surface area (Å²) in [5.74, 6) is 0.450. The normalized spacial score (nSPS) is 21.2. The van der Waals surface area contributed by atoms with E-state index in [1.807, 2.05) is 6.07 Å². The summed E-state index contributed by atoms with van der Waals surface area (Å²) in [4.78, 5) is 13.9. The third-order valence-corrected chi connectivity index (χ3v) is 7.18. The topological polar surface area (TPSA) is 34.5 Å². The van der Waals surface area contributed by atoms with Crippen molar-refractivity contribution in [3.05, 3.63) is 71.4 Å². The number of hydrogen-bond acceptors (Lipinski definition) is 2. The Balaban J connectivity index is 1.42. The van der Waals surface area contributed by atoms with Crippen LogP contribution in [0.5, 0.6) is 0 Å². The molecule has 2 aromatic carbocycles. The molecule has 3 aromatic rings. The van der Waals surface area contributed by atoms with Crippen LogP contribution in [0, 0.1) is 0 Å². The molecule has 2 atom stereocenters. The Morgan fingerprint density at radius 3 is 2.68 bits per heavy atom. The van der Waals surface area contributed by atoms with Crippen molar-refractivity contribution in [3.8, 4) is 0 Å². The smallest absolute Gasteiger partial charge is 0.209 e. The van der Waals surface area contributed by atoms with Crippen LogP contribution in [-0.4, -0.2) is 35.1 Å². The minimum Gasteiger partial charge on any atom is -0.375 e. The van der Waals surface area contributed by atoms with Gasteiger partial charge < -0.3 is 14.2 Å². The summed E-state index contributed by atoms with van der Waals surface area (Å²) in [6.07, 6.45) is 8.08. The van der Waals surface area contributed by atoms with E-state index in [0.29, 0.717) is 25.2 Å². The molecule has 2 unspecified atom stereocenters. The van der Waals surface area contributed by atoms with Crippen LogP contribution in [0.2, 0.25) is 0 Å². The van der Waals surface area contributed by atoms with E-state index in [-0.39, 0.29) is 0 Å². The van der Waals surface area contributed by atoms with E-state index in [2.05, 4.69) is 58.0 Å². The maximum atomic E-state index is 11.8. The second kappa shape index (κ2) is 9.27. The van der Waals surface area contributed by atoms with Crippen LogP contribution in [0.3, 0.4) is 0 Å². The van der Waals surface area contributed by atoms with E-state index in [0.717, 1.165) is 38.8 Å². The van der Waals surface area contributed by atoms with Crippen molar-refractivity contribution in [2.45, 2.75) is 63.6 Å². The molecule has 31 heavy (non-hydrogen) atoms. The molecule has 2 heterocycles. The lowest BCUT2D eigenvalue weighted by molar-refractivity contribution is -0.122. The molecule has 1 aromatic heterocycles. The highest BCUT2D eigenvalue weighted by Gasteiger charge is 2.36. The zero-order valence-electron chi connectivity index (χ0n) is 18.2. The number of benzene rings is 2. The van der Waals surface area contributed by atoms with Gasteiger partial charge in [0.15, 0.2) is 0 Å². The van der Waals surface area contributed by atoms with Gasteiger partial charge in [0, 0.05) is 41.6 Å². The molecule has 0 spiro atoms. The lowest BCUT2D eigenvalue weighted by Gasteiger charge is -2.40. The number of likely N-dealkylation sites (tertiary alicyclic amines) is 1. The molecule has 1 aliphatic heterocycles. The molecule has 4 nitrogen and oxygen atoms in total. The summed E-state index contributed by atoms with van der Waals surface area (Å²) < 4.78 is 8.53. The van der Waals surface area contributed by atoms with Crippen molar-refractivity contribution < 1.29 is 9.53 Å². The summed E-state index contributed by atoms with van der Waals surface area (Å²) >= 11 is 0. The van der Waals surface area contributed by atoms with Crippen LogP contribution in [0.25, 0.3) is 10.9 Å². The van der Waals surface area contributed by atoms with Gasteiger partial charge in [-0.3, -0.25) is 4.79 Å². The lowest BCUT2D eigenvalue weighted by atomic mass is 9.77. The van der Waals surface area contributed by atoms with Gasteiger partial charge >= 0.3 is 0 Å². The van der Waals surface area contributed by atoms with Crippen LogP contribution < -0.4 is 0 Å². The average Bonchev–Trinajstić information content (AvgIpc) is 3.16. The van der Waals surface area contributed by atoms with Crippen molar-refractivity contribution >= 4 is 17.3 Å². The van der Waals surface area contributed by atoms with Gasteiger partial charge in [-0.15, -0.1) is 0 Å². The maximum Gasteiger partial charge on any atom is 0.209 e. The van der Waals surface area contributed by atoms with Crippen molar-refractivity contribution in [2.24, 2.45) is 0 Å². The van der Waals surface area contributed by atoms with Gasteiger partial charge in [-0.2, -0.15) is 0 Å². The van der Waals surface area contributed by atoms with Crippen LogP contribution in [0.4, 0.5) is 0 Å². The van der Waals surface area contributed by atoms with Gasteiger partial charge in [0.05, 0.1) is 13.2 Å². The second-order valence-corrected chi connectivity index (χ2v) is 8.97. The first-order valence-corrected chi connectivity index (χ1v) is 11.8. The maximum absolute atomic E-state index is 11.8. The minimum absolute atomic E-state index is 0.346. The van der Waals surface area contributed by atoms with Gasteiger partial charge in [-0.1, -0.05) is 48.5 Å². The zero-order valence-corrected chi connectivity index (χ0v) is 18.2. The number of aromatic nitrogens is 1. The molecular formula is C27H32N2O2. The summed E-state index contributed by atoms with van der Waals surface area (Å²) in [5.41, 5.74) is 5.50. The number of carbonyl (C=O) groups is 1. The predicted molar refractivity (Wildman–Crippen MR) is 124 cm³/mol. The Hall–Kier alpha value is -2.59. The number of para-hydroxylation sites is 1. The number of ether oxygens (including phenoxy) is 1. The van der Waals surface area contributed by atoms with E-state index in [1.54, 1.807) is 0 Å². The third kappa shape index (κ3) is 4.01. The molecule has 1 fully saturated rings. The largest absolute Gasteiger partial charge is 0.375 e. The first-order chi connectivity index (χ1) is 15.4. The first kappa shape index (κ1) is 20.3. The number of amides is 1. The highest BCUT2D eigenvalue weighted by molar-refractivity contribution is 5.86. The van der Waals surface area contributed by atoms with Gasteiger partial charge in [-0.05, 0) is 55.7 Å². The number of piperidine rings is 1. The predicted octanol–water partition coefficient (Wildman–Crippen LogP) is 5.29. The molecule has 5 rings (SSSR count). The number of hydrogen-bond donors (Lipinski definition) is 0. The molecule has 1 saturated heterocycles. The van der Waals surface area contributed by atoms with Gasteiger partial charge in [-0.25, -0.2) is 0 Å². The molecule has 0 saturated carbocycles. The molecule has 0 bridgehead atoms. The Morgan fingerprint density at radius 2 is 1.81 bits per heavy atom. The van der Waals surface area contributed by atoms with Crippen LogP contribution in [0.15, 0.2) is 54.6 Å². The summed E-state index contributed by atoms with van der Waals surface area (Å²) in [5, 5.41) is 1.38. The van der Waals surface area contributed by atoms with Crippen molar-refractivity contribution in [1.82, 2.24) is 9.47 Å². The quantitative estimate of drug-likeness (QED) is 0.387. The SMILES string of the molecule is O=CN1CCCCC1C1CCCc2c1c1ccccc1n2CCOCc1ccccc1. The lowest BCUT2D eigenvalue weighted by Crippen LogP contribution is -2.43. The third-order valence-electron chi connectivity index (χ3n) is 7.18. The molecule has 2 aliphatic rings. The molecule has 1 aliphatic carbocycles. The minimum atomic E-state index is 0.346. The van der Waals surface area contributed by atoms with Gasteiger partial charge in [0.25, 0.3) is 0 Å². The number of nitrogens with zero attached hydrogens (tertiary/aromatic N) is 2. The Bertz CT molecular complexity index is 1030. The molecular weight excluding hydrogens is 384 g/mol. The summed E-state index contributed by atoms with van der Waals surface area (Å²) in [7, 11) is 0. The number of rotatable bonds is 7. The summed E-state index contributed by atoms with van der Waals surface area (Å²) in [6, 6.07) is 19.6. The fraction of sp³-hybridized carbons (Fsp3) is 0.444. The Labute approximate surface area is 184 Å². The molecule has 0 N–H and O–H groups in total. The van der Waals surface area contributed by atoms with E-state index in [1.165, 1.54) is 47.0 Å². The average molecular weight is 417 g/mol. The Morgan fingerprint density at radius 1 is 0.968 bits per heavy atom. The van der Waals surface area contributed by atoms with Crippen molar-refractivity contribution in [1.29, 1.82) is 0 Å². The van der Waals surface area contributed by atoms with Crippen LogP contribution in [0.1, 0.15) is 54.8 Å². The van der Waals surface area contributed by atoms with Crippen molar-refractivity contribution in [3.63, 3.8) is 0 Å². The molecule has 4 heteroatoms. The summed E-state index contributed by atoms with van der Waals surface area (Å²) in [6.45, 7) is 3.14. The second-order valence-electron chi connectivity index (χ2n) is 8.97. The fourth-order valence-corrected chi connectivity index (χ4v) is 5.80. The van der Waals surface area contributed by atoms with Crippen LogP contribution in [-0.2, 0) is 29.1 Å². The molecule has 0 radical (unpaired) electrons. The number of carbonyl (C=O) groups excluding carboxylic acids is 1. The van der Waals surface area contributed by atoms with E-state index >= 15 is 0 Å². The molecule has 1 amide bonds. The van der Waals surface area contributed by atoms with Crippen molar-refractivity contribution in [2.75, 3.05) is 13.2 Å². The monoisotopic (exact) mass is 416 g/mol. The van der Waals surface area contributed by atoms with Gasteiger partial charge in [0.1, 0.15) is 0 Å². The Kier molecular flexibility index (Phi) is 6.08. The van der Waals surface area contributed by atoms with E-state index in [9.17, 15) is 4.79 Å². The molecule has 162 valence electrons. The fourth-order valence-electron chi connectivity index (χ4n) is 5.80. The van der Waals surface area contributed by atoms with Crippen LogP contribution >= 0.6 is 0 Å². The zero-order chi connectivity index (χ0) is 21.0. The van der Waals surface area contributed by atoms with E-state index < -0.39 is 0 Å². The number of fused-ring (bicyclic) bond motifs is 3.